The van der Waals surface area contributed by atoms with Gasteiger partial charge in [-0.1, -0.05) is 0 Å². The van der Waals surface area contributed by atoms with Crippen molar-refractivity contribution in [1.82, 2.24) is 0 Å². The van der Waals surface area contributed by atoms with Crippen LogP contribution in [0.5, 0.6) is 0 Å². The molecule has 1 heterocycles. The Kier molecular flexibility index (Phi) is 4.54. The van der Waals surface area contributed by atoms with Crippen LogP contribution >= 0.6 is 0 Å². The summed E-state index contributed by atoms with van der Waals surface area (Å²) in [5.41, 5.74) is 0. The maximum atomic E-state index is 8.49. The Morgan fingerprint density at radius 1 is 1.20 bits per heavy atom. The van der Waals surface area contributed by atoms with Gasteiger partial charge in [0.05, 0.1) is 12.7 Å². The fourth-order valence-electron chi connectivity index (χ4n) is 0.481. The summed E-state index contributed by atoms with van der Waals surface area (Å²) in [6.07, 6.45) is 5.56. The van der Waals surface area contributed by atoms with Crippen LogP contribution in [0.15, 0.2) is 12.3 Å². The second-order valence-electron chi connectivity index (χ2n) is 1.62. The molecule has 0 amide bonds. The van der Waals surface area contributed by atoms with Crippen molar-refractivity contribution in [3.63, 3.8) is 0 Å². The third-order valence-corrected chi connectivity index (χ3v) is 0.772. The van der Waals surface area contributed by atoms with E-state index in [4.69, 9.17) is 18.6 Å². The first-order valence-corrected chi connectivity index (χ1v) is 3.83. The average Bonchev–Trinajstić information content (AvgIpc) is 2.07. The summed E-state index contributed by atoms with van der Waals surface area (Å²) in [4.78, 5) is 0. The highest BCUT2D eigenvalue weighted by molar-refractivity contribution is 4.74. The van der Waals surface area contributed by atoms with E-state index in [9.17, 15) is 0 Å². The Morgan fingerprint density at radius 3 is 1.80 bits per heavy atom. The molecule has 0 spiro atoms. The molecule has 0 radical (unpaired) electrons. The number of hydrogen-bond donors (Lipinski definition) is 1. The molecule has 6 heteroatoms. The number of quaternary nitrogens is 1. The van der Waals surface area contributed by atoms with Crippen LogP contribution < -0.4 is 24.0 Å². The largest absolute Gasteiger partial charge is 0.320 e. The maximum Gasteiger partial charge on any atom is 0.0887 e. The van der Waals surface area contributed by atoms with E-state index in [2.05, 4.69) is 17.6 Å². The minimum Gasteiger partial charge on any atom is -0.320 e. The van der Waals surface area contributed by atoms with Crippen LogP contribution in [-0.4, -0.2) is 6.54 Å². The van der Waals surface area contributed by atoms with E-state index >= 15 is 0 Å². The standard InChI is InChI=1S/C4H7N.ClHO4/c1-2-4-5-3-1;2-1(3,4)5/h1,3,5H,2,4H2;(H,2,3,4,5). The number of nitrogens with two attached hydrogens (primary N) is 1. The molecule has 0 fully saturated rings. The predicted molar refractivity (Wildman–Crippen MR) is 20.5 cm³/mol. The summed E-state index contributed by atoms with van der Waals surface area (Å²) in [6.45, 7) is 1.26. The molecule has 10 heavy (non-hydrogen) atoms. The number of rotatable bonds is 0. The second-order valence-corrected chi connectivity index (χ2v) is 2.38. The lowest BCUT2D eigenvalue weighted by atomic mass is 10.5. The summed E-state index contributed by atoms with van der Waals surface area (Å²) in [6, 6.07) is 0. The zero-order chi connectivity index (χ0) is 8.04. The first-order valence-electron chi connectivity index (χ1n) is 2.60. The van der Waals surface area contributed by atoms with Crippen molar-refractivity contribution in [1.29, 1.82) is 0 Å². The van der Waals surface area contributed by atoms with Crippen LogP contribution in [0.2, 0.25) is 0 Å². The van der Waals surface area contributed by atoms with Gasteiger partial charge in [-0.15, -0.1) is 10.2 Å². The molecule has 0 saturated heterocycles. The molecule has 0 bridgehead atoms. The van der Waals surface area contributed by atoms with Crippen LogP contribution in [0.1, 0.15) is 6.42 Å². The van der Waals surface area contributed by atoms with Crippen molar-refractivity contribution in [3.05, 3.63) is 12.3 Å². The molecule has 0 aromatic heterocycles. The molecule has 1 aliphatic heterocycles. The first kappa shape index (κ1) is 9.83. The van der Waals surface area contributed by atoms with Gasteiger partial charge in [-0.05, 0) is 6.08 Å². The maximum absolute atomic E-state index is 8.49. The highest BCUT2D eigenvalue weighted by Gasteiger charge is 1.87. The van der Waals surface area contributed by atoms with E-state index in [-0.39, 0.29) is 0 Å². The minimum atomic E-state index is -4.94. The molecular weight excluding hydrogens is 161 g/mol. The van der Waals surface area contributed by atoms with Gasteiger partial charge in [0.2, 0.25) is 0 Å². The first-order chi connectivity index (χ1) is 4.50. The monoisotopic (exact) mass is 169 g/mol. The Balaban J connectivity index is 0.000000162. The second kappa shape index (κ2) is 4.62. The molecule has 0 aromatic carbocycles. The van der Waals surface area contributed by atoms with Gasteiger partial charge < -0.3 is 5.32 Å². The molecule has 5 nitrogen and oxygen atoms in total. The van der Waals surface area contributed by atoms with Crippen molar-refractivity contribution in [2.24, 2.45) is 0 Å². The highest BCUT2D eigenvalue weighted by atomic mass is 35.7. The topological polar surface area (TPSA) is 109 Å². The molecule has 0 aliphatic carbocycles. The van der Waals surface area contributed by atoms with Gasteiger partial charge >= 0.3 is 0 Å². The van der Waals surface area contributed by atoms with Gasteiger partial charge in [-0.3, -0.25) is 0 Å². The molecule has 0 unspecified atom stereocenters. The summed E-state index contributed by atoms with van der Waals surface area (Å²) in [7, 11) is -4.94. The van der Waals surface area contributed by atoms with Gasteiger partial charge in [0.15, 0.2) is 0 Å². The van der Waals surface area contributed by atoms with Crippen molar-refractivity contribution in [2.45, 2.75) is 6.42 Å². The molecular formula is C4H8ClNO4. The molecule has 0 aromatic rings. The lowest BCUT2D eigenvalue weighted by Gasteiger charge is -2.17. The smallest absolute Gasteiger partial charge is 0.0887 e. The fourth-order valence-corrected chi connectivity index (χ4v) is 0.481. The van der Waals surface area contributed by atoms with E-state index in [1.807, 2.05) is 0 Å². The van der Waals surface area contributed by atoms with E-state index in [0.717, 1.165) is 0 Å². The Hall–Kier alpha value is -0.170. The van der Waals surface area contributed by atoms with Crippen LogP contribution in [0.3, 0.4) is 0 Å². The normalized spacial score (nSPS) is 16.4. The molecule has 0 atom stereocenters. The lowest BCUT2D eigenvalue weighted by Crippen LogP contribution is -2.75. The highest BCUT2D eigenvalue weighted by Crippen LogP contribution is 1.75. The van der Waals surface area contributed by atoms with Crippen molar-refractivity contribution in [2.75, 3.05) is 6.54 Å². The van der Waals surface area contributed by atoms with Gasteiger partial charge in [0.25, 0.3) is 0 Å². The van der Waals surface area contributed by atoms with Gasteiger partial charge in [0, 0.05) is 6.42 Å². The SMILES string of the molecule is C1=C[NH2+]CC1.[O-][Cl+3]([O-])([O-])[O-]. The molecule has 60 valence electrons. The summed E-state index contributed by atoms with van der Waals surface area (Å²) in [5, 5.41) is 2.18. The minimum absolute atomic E-state index is 1.26. The molecule has 2 N–H and O–H groups in total. The van der Waals surface area contributed by atoms with Gasteiger partial charge in [0.1, 0.15) is 0 Å². The zero-order valence-electron chi connectivity index (χ0n) is 5.16. The third-order valence-electron chi connectivity index (χ3n) is 0.772. The van der Waals surface area contributed by atoms with Gasteiger partial charge in [-0.25, -0.2) is 18.6 Å². The van der Waals surface area contributed by atoms with E-state index in [1.54, 1.807) is 0 Å². The van der Waals surface area contributed by atoms with Crippen molar-refractivity contribution < 1.29 is 34.2 Å². The van der Waals surface area contributed by atoms with Crippen LogP contribution in [0.4, 0.5) is 0 Å². The summed E-state index contributed by atoms with van der Waals surface area (Å²) >= 11 is 0. The summed E-state index contributed by atoms with van der Waals surface area (Å²) in [5.74, 6) is 0. The Labute approximate surface area is 60.3 Å². The van der Waals surface area contributed by atoms with Crippen LogP contribution in [-0.2, 0) is 0 Å². The van der Waals surface area contributed by atoms with Crippen molar-refractivity contribution >= 4 is 0 Å². The fraction of sp³-hybridized carbons (Fsp3) is 0.500. The Morgan fingerprint density at radius 2 is 1.70 bits per heavy atom. The predicted octanol–water partition coefficient (Wildman–Crippen LogP) is -5.29. The van der Waals surface area contributed by atoms with E-state index < -0.39 is 10.2 Å². The molecule has 1 rings (SSSR count). The average molecular weight is 170 g/mol. The Bertz CT molecular complexity index is 98.3. The van der Waals surface area contributed by atoms with Gasteiger partial charge in [-0.2, -0.15) is 0 Å². The number of halogens is 1. The quantitative estimate of drug-likeness (QED) is 0.391. The van der Waals surface area contributed by atoms with E-state index in [1.165, 1.54) is 13.0 Å². The third kappa shape index (κ3) is 15.7. The summed E-state index contributed by atoms with van der Waals surface area (Å²) < 4.78 is 34.0. The number of hydrogen-bond acceptors (Lipinski definition) is 4. The molecule has 0 saturated carbocycles. The molecule has 1 aliphatic rings. The van der Waals surface area contributed by atoms with Crippen molar-refractivity contribution in [3.8, 4) is 0 Å². The van der Waals surface area contributed by atoms with Crippen LogP contribution in [0.25, 0.3) is 0 Å². The van der Waals surface area contributed by atoms with Crippen LogP contribution in [0, 0.1) is 10.2 Å². The lowest BCUT2D eigenvalue weighted by molar-refractivity contribution is -2.00. The zero-order valence-corrected chi connectivity index (χ0v) is 5.91. The van der Waals surface area contributed by atoms with E-state index in [0.29, 0.717) is 0 Å².